The van der Waals surface area contributed by atoms with Crippen LogP contribution in [-0.2, 0) is 29.4 Å². The van der Waals surface area contributed by atoms with E-state index in [1.807, 2.05) is 0 Å². The van der Waals surface area contributed by atoms with E-state index in [1.165, 1.54) is 10.8 Å². The summed E-state index contributed by atoms with van der Waals surface area (Å²) in [4.78, 5) is 28.6. The smallest absolute Gasteiger partial charge is 0.323 e. The molecule has 2 aromatic rings. The summed E-state index contributed by atoms with van der Waals surface area (Å²) in [7, 11) is 0. The minimum Gasteiger partial charge on any atom is -0.463 e. The zero-order valence-electron chi connectivity index (χ0n) is 19.5. The Hall–Kier alpha value is -3.27. The van der Waals surface area contributed by atoms with Crippen molar-refractivity contribution in [1.29, 1.82) is 5.26 Å². The molecular formula is C22H30N6O6. The summed E-state index contributed by atoms with van der Waals surface area (Å²) in [6.07, 6.45) is -2.72. The molecule has 1 aliphatic heterocycles. The molecular weight excluding hydrogens is 444 g/mol. The van der Waals surface area contributed by atoms with Crippen LogP contribution in [0.4, 0.5) is 5.82 Å². The SMILES string of the molecule is CC(C)C(=O)OC[C@H]1O[C@@](C#N)(c2ccc3c(N)ncnn23)C[C@H](O)[C@@H]1OC(=O)[C@@H](N)C(C)C. The summed E-state index contributed by atoms with van der Waals surface area (Å²) in [5, 5.41) is 25.3. The normalized spacial score (nSPS) is 25.8. The molecule has 3 rings (SSSR count). The number of ether oxygens (including phenoxy) is 3. The summed E-state index contributed by atoms with van der Waals surface area (Å²) in [6, 6.07) is 4.40. The number of nitrogens with zero attached hydrogens (tertiary/aromatic N) is 4. The van der Waals surface area contributed by atoms with Crippen molar-refractivity contribution >= 4 is 23.3 Å². The summed E-state index contributed by atoms with van der Waals surface area (Å²) >= 11 is 0. The number of hydrogen-bond acceptors (Lipinski definition) is 11. The maximum Gasteiger partial charge on any atom is 0.323 e. The standard InChI is InChI=1S/C22H30N6O6/c1-11(2)17(24)21(31)33-18-14(29)7-22(9-23,34-15(18)8-32-20(30)12(3)4)16-6-5-13-19(25)26-10-27-28(13)16/h5-6,10-12,14-15,17-18,29H,7-8,24H2,1-4H3,(H2,25,26,27)/t14-,15+,17-,18-,22-/m0/s1. The van der Waals surface area contributed by atoms with Crippen LogP contribution in [-0.4, -0.2) is 62.6 Å². The van der Waals surface area contributed by atoms with E-state index >= 15 is 0 Å². The number of rotatable bonds is 7. The number of hydrogen-bond donors (Lipinski definition) is 3. The van der Waals surface area contributed by atoms with Crippen molar-refractivity contribution in [1.82, 2.24) is 14.6 Å². The van der Waals surface area contributed by atoms with Gasteiger partial charge in [-0.15, -0.1) is 0 Å². The highest BCUT2D eigenvalue weighted by molar-refractivity contribution is 5.76. The molecule has 0 saturated carbocycles. The number of anilines is 1. The molecule has 12 nitrogen and oxygen atoms in total. The van der Waals surface area contributed by atoms with Crippen LogP contribution in [0.1, 0.15) is 39.8 Å². The first-order valence-electron chi connectivity index (χ1n) is 11.0. The Kier molecular flexibility index (Phi) is 7.40. The molecule has 1 aliphatic rings. The first-order chi connectivity index (χ1) is 16.0. The summed E-state index contributed by atoms with van der Waals surface area (Å²) in [5.41, 5.74) is 10.8. The van der Waals surface area contributed by atoms with Crippen LogP contribution < -0.4 is 11.5 Å². The van der Waals surface area contributed by atoms with E-state index in [9.17, 15) is 20.0 Å². The van der Waals surface area contributed by atoms with Gasteiger partial charge in [0.1, 0.15) is 36.7 Å². The molecule has 0 amide bonds. The molecule has 0 radical (unpaired) electrons. The largest absolute Gasteiger partial charge is 0.463 e. The average molecular weight is 475 g/mol. The van der Waals surface area contributed by atoms with E-state index in [-0.39, 0.29) is 24.8 Å². The van der Waals surface area contributed by atoms with Crippen molar-refractivity contribution < 1.29 is 28.9 Å². The van der Waals surface area contributed by atoms with Gasteiger partial charge in [0.05, 0.1) is 17.7 Å². The lowest BCUT2D eigenvalue weighted by atomic mass is 9.86. The van der Waals surface area contributed by atoms with Crippen LogP contribution in [0.15, 0.2) is 18.5 Å². The number of aromatic nitrogens is 3. The van der Waals surface area contributed by atoms with E-state index in [0.717, 1.165) is 0 Å². The first-order valence-corrected chi connectivity index (χ1v) is 11.0. The lowest BCUT2D eigenvalue weighted by Crippen LogP contribution is -2.57. The van der Waals surface area contributed by atoms with Crippen LogP contribution in [0.25, 0.3) is 5.52 Å². The summed E-state index contributed by atoms with van der Waals surface area (Å²) < 4.78 is 18.3. The number of esters is 2. The summed E-state index contributed by atoms with van der Waals surface area (Å²) in [5.74, 6) is -1.67. The van der Waals surface area contributed by atoms with Gasteiger partial charge in [0.2, 0.25) is 0 Å². The van der Waals surface area contributed by atoms with E-state index in [0.29, 0.717) is 11.2 Å². The second kappa shape index (κ2) is 9.92. The first kappa shape index (κ1) is 25.4. The maximum absolute atomic E-state index is 12.5. The molecule has 0 aliphatic carbocycles. The zero-order valence-corrected chi connectivity index (χ0v) is 19.5. The Morgan fingerprint density at radius 3 is 2.68 bits per heavy atom. The molecule has 0 spiro atoms. The molecule has 2 aromatic heterocycles. The third-order valence-corrected chi connectivity index (χ3v) is 5.77. The molecule has 184 valence electrons. The van der Waals surface area contributed by atoms with Gasteiger partial charge in [0.25, 0.3) is 0 Å². The molecule has 0 unspecified atom stereocenters. The van der Waals surface area contributed by atoms with Crippen molar-refractivity contribution in [3.63, 3.8) is 0 Å². The maximum atomic E-state index is 12.5. The van der Waals surface area contributed by atoms with Gasteiger partial charge in [0.15, 0.2) is 17.5 Å². The van der Waals surface area contributed by atoms with E-state index in [2.05, 4.69) is 16.2 Å². The van der Waals surface area contributed by atoms with E-state index in [1.54, 1.807) is 39.8 Å². The van der Waals surface area contributed by atoms with Crippen molar-refractivity contribution in [2.45, 2.75) is 64.1 Å². The third kappa shape index (κ3) is 4.82. The predicted octanol–water partition coefficient (Wildman–Crippen LogP) is 0.274. The fourth-order valence-electron chi connectivity index (χ4n) is 3.68. The minimum absolute atomic E-state index is 0.197. The van der Waals surface area contributed by atoms with Crippen LogP contribution in [0.2, 0.25) is 0 Å². The second-order valence-electron chi connectivity index (χ2n) is 8.98. The number of aliphatic hydroxyl groups is 1. The highest BCUT2D eigenvalue weighted by atomic mass is 16.6. The van der Waals surface area contributed by atoms with Crippen LogP contribution in [0.5, 0.6) is 0 Å². The number of aliphatic hydroxyl groups excluding tert-OH is 1. The molecule has 34 heavy (non-hydrogen) atoms. The molecule has 1 fully saturated rings. The lowest BCUT2D eigenvalue weighted by Gasteiger charge is -2.43. The number of carbonyl (C=O) groups is 2. The molecule has 1 saturated heterocycles. The fraction of sp³-hybridized carbons (Fsp3) is 0.591. The van der Waals surface area contributed by atoms with Gasteiger partial charge in [-0.2, -0.15) is 10.4 Å². The molecule has 12 heteroatoms. The van der Waals surface area contributed by atoms with Gasteiger partial charge in [-0.1, -0.05) is 27.7 Å². The van der Waals surface area contributed by atoms with Crippen molar-refractivity contribution in [3.05, 3.63) is 24.2 Å². The third-order valence-electron chi connectivity index (χ3n) is 5.77. The number of nitrogen functional groups attached to an aromatic ring is 1. The Balaban J connectivity index is 1.97. The quantitative estimate of drug-likeness (QED) is 0.467. The molecule has 5 atom stereocenters. The van der Waals surface area contributed by atoms with Crippen LogP contribution in [0, 0.1) is 23.2 Å². The van der Waals surface area contributed by atoms with E-state index < -0.39 is 47.8 Å². The summed E-state index contributed by atoms with van der Waals surface area (Å²) in [6.45, 7) is 6.48. The highest BCUT2D eigenvalue weighted by Gasteiger charge is 2.52. The Morgan fingerprint density at radius 1 is 1.35 bits per heavy atom. The van der Waals surface area contributed by atoms with Crippen molar-refractivity contribution in [2.24, 2.45) is 17.6 Å². The Morgan fingerprint density at radius 2 is 2.06 bits per heavy atom. The van der Waals surface area contributed by atoms with Gasteiger partial charge in [-0.25, -0.2) is 9.50 Å². The topological polar surface area (TPSA) is 188 Å². The van der Waals surface area contributed by atoms with Gasteiger partial charge in [-0.05, 0) is 18.1 Å². The van der Waals surface area contributed by atoms with Crippen LogP contribution >= 0.6 is 0 Å². The molecule has 0 aromatic carbocycles. The molecule has 3 heterocycles. The monoisotopic (exact) mass is 474 g/mol. The minimum atomic E-state index is -1.70. The number of fused-ring (bicyclic) bond motifs is 1. The van der Waals surface area contributed by atoms with Gasteiger partial charge >= 0.3 is 11.9 Å². The number of nitrogens with two attached hydrogens (primary N) is 2. The Labute approximate surface area is 196 Å². The lowest BCUT2D eigenvalue weighted by molar-refractivity contribution is -0.228. The van der Waals surface area contributed by atoms with Crippen molar-refractivity contribution in [3.8, 4) is 6.07 Å². The average Bonchev–Trinajstić information content (AvgIpc) is 3.24. The fourth-order valence-corrected chi connectivity index (χ4v) is 3.68. The Bertz CT molecular complexity index is 1100. The van der Waals surface area contributed by atoms with Crippen LogP contribution in [0.3, 0.4) is 0 Å². The number of nitriles is 1. The molecule has 0 bridgehead atoms. The zero-order chi connectivity index (χ0) is 25.2. The highest BCUT2D eigenvalue weighted by Crippen LogP contribution is 2.39. The van der Waals surface area contributed by atoms with Gasteiger partial charge in [0, 0.05) is 6.42 Å². The van der Waals surface area contributed by atoms with Gasteiger partial charge in [-0.3, -0.25) is 9.59 Å². The predicted molar refractivity (Wildman–Crippen MR) is 119 cm³/mol. The molecule has 5 N–H and O–H groups in total. The second-order valence-corrected chi connectivity index (χ2v) is 8.98. The van der Waals surface area contributed by atoms with E-state index in [4.69, 9.17) is 25.7 Å². The van der Waals surface area contributed by atoms with Crippen molar-refractivity contribution in [2.75, 3.05) is 12.3 Å². The van der Waals surface area contributed by atoms with Gasteiger partial charge < -0.3 is 30.8 Å². The number of carbonyl (C=O) groups excluding carboxylic acids is 2.